The monoisotopic (exact) mass is 416 g/mol. The van der Waals surface area contributed by atoms with E-state index in [0.29, 0.717) is 17.8 Å². The zero-order chi connectivity index (χ0) is 21.0. The summed E-state index contributed by atoms with van der Waals surface area (Å²) in [6.07, 6.45) is 10.5. The molecule has 2 heteroatoms. The Labute approximate surface area is 187 Å². The van der Waals surface area contributed by atoms with E-state index in [9.17, 15) is 5.11 Å². The van der Waals surface area contributed by atoms with Crippen LogP contribution in [0.1, 0.15) is 73.6 Å². The SMILES string of the molecule is C[C@]12CCC3c4cccc(OCC5CCc6ccccc6C5)c4CCC3C1CC[C@@H]2O. The first-order valence-corrected chi connectivity index (χ1v) is 12.6. The lowest BCUT2D eigenvalue weighted by Crippen LogP contribution is -2.44. The molecule has 0 spiro atoms. The van der Waals surface area contributed by atoms with Crippen LogP contribution in [0.5, 0.6) is 5.75 Å². The van der Waals surface area contributed by atoms with Gasteiger partial charge in [0, 0.05) is 0 Å². The third-order valence-electron chi connectivity index (χ3n) is 9.61. The maximum atomic E-state index is 10.6. The van der Waals surface area contributed by atoms with Crippen molar-refractivity contribution in [3.63, 3.8) is 0 Å². The number of aliphatic hydroxyl groups excluding tert-OH is 1. The first-order chi connectivity index (χ1) is 15.1. The summed E-state index contributed by atoms with van der Waals surface area (Å²) in [6.45, 7) is 3.20. The van der Waals surface area contributed by atoms with Gasteiger partial charge in [-0.15, -0.1) is 0 Å². The van der Waals surface area contributed by atoms with Gasteiger partial charge in [-0.25, -0.2) is 0 Å². The van der Waals surface area contributed by atoms with Crippen LogP contribution in [0.3, 0.4) is 0 Å². The highest BCUT2D eigenvalue weighted by molar-refractivity contribution is 5.45. The predicted octanol–water partition coefficient (Wildman–Crippen LogP) is 6.09. The maximum absolute atomic E-state index is 10.6. The van der Waals surface area contributed by atoms with Crippen LogP contribution in [0, 0.1) is 23.2 Å². The van der Waals surface area contributed by atoms with E-state index in [4.69, 9.17) is 4.74 Å². The Kier molecular flexibility index (Phi) is 4.90. The number of fused-ring (bicyclic) bond motifs is 6. The maximum Gasteiger partial charge on any atom is 0.122 e. The Morgan fingerprint density at radius 3 is 2.71 bits per heavy atom. The van der Waals surface area contributed by atoms with E-state index in [2.05, 4.69) is 49.4 Å². The van der Waals surface area contributed by atoms with Crippen LogP contribution < -0.4 is 4.74 Å². The van der Waals surface area contributed by atoms with Crippen molar-refractivity contribution >= 4 is 0 Å². The van der Waals surface area contributed by atoms with Crippen molar-refractivity contribution in [3.05, 3.63) is 64.7 Å². The summed E-state index contributed by atoms with van der Waals surface area (Å²) in [7, 11) is 0. The minimum absolute atomic E-state index is 0.0878. The van der Waals surface area contributed by atoms with Gasteiger partial charge in [0.15, 0.2) is 0 Å². The van der Waals surface area contributed by atoms with E-state index in [1.54, 1.807) is 5.56 Å². The summed E-state index contributed by atoms with van der Waals surface area (Å²) in [5.41, 5.74) is 6.25. The van der Waals surface area contributed by atoms with Crippen molar-refractivity contribution in [2.45, 2.75) is 76.7 Å². The zero-order valence-corrected chi connectivity index (χ0v) is 18.9. The van der Waals surface area contributed by atoms with Crippen molar-refractivity contribution < 1.29 is 9.84 Å². The molecule has 31 heavy (non-hydrogen) atoms. The third kappa shape index (κ3) is 3.25. The highest BCUT2D eigenvalue weighted by Gasteiger charge is 2.54. The van der Waals surface area contributed by atoms with Crippen molar-refractivity contribution in [3.8, 4) is 5.75 Å². The quantitative estimate of drug-likeness (QED) is 0.656. The highest BCUT2D eigenvalue weighted by Crippen LogP contribution is 2.61. The van der Waals surface area contributed by atoms with E-state index >= 15 is 0 Å². The fraction of sp³-hybridized carbons (Fsp3) is 0.586. The van der Waals surface area contributed by atoms with E-state index in [1.165, 1.54) is 55.2 Å². The first kappa shape index (κ1) is 19.9. The van der Waals surface area contributed by atoms with Crippen LogP contribution in [-0.2, 0) is 19.3 Å². The van der Waals surface area contributed by atoms with Gasteiger partial charge < -0.3 is 9.84 Å². The molecule has 0 bridgehead atoms. The molecule has 0 aliphatic heterocycles. The second-order valence-corrected chi connectivity index (χ2v) is 11.1. The van der Waals surface area contributed by atoms with Crippen LogP contribution >= 0.6 is 0 Å². The first-order valence-electron chi connectivity index (χ1n) is 12.6. The largest absolute Gasteiger partial charge is 0.493 e. The molecule has 164 valence electrons. The summed E-state index contributed by atoms with van der Waals surface area (Å²) in [6, 6.07) is 15.7. The fourth-order valence-corrected chi connectivity index (χ4v) is 7.82. The molecule has 2 nitrogen and oxygen atoms in total. The smallest absolute Gasteiger partial charge is 0.122 e. The molecular weight excluding hydrogens is 380 g/mol. The normalized spacial score (nSPS) is 36.1. The van der Waals surface area contributed by atoms with Gasteiger partial charge >= 0.3 is 0 Å². The minimum atomic E-state index is -0.0878. The van der Waals surface area contributed by atoms with Crippen LogP contribution in [0.4, 0.5) is 0 Å². The Morgan fingerprint density at radius 2 is 1.81 bits per heavy atom. The lowest BCUT2D eigenvalue weighted by molar-refractivity contribution is -0.0227. The van der Waals surface area contributed by atoms with Gasteiger partial charge in [-0.2, -0.15) is 0 Å². The number of aliphatic hydroxyl groups is 1. The second kappa shape index (κ2) is 7.66. The molecule has 4 unspecified atom stereocenters. The summed E-state index contributed by atoms with van der Waals surface area (Å²) in [5, 5.41) is 10.6. The van der Waals surface area contributed by atoms with Crippen LogP contribution in [0.25, 0.3) is 0 Å². The van der Waals surface area contributed by atoms with Crippen LogP contribution in [0.15, 0.2) is 42.5 Å². The molecule has 0 aromatic heterocycles. The topological polar surface area (TPSA) is 29.5 Å². The molecule has 0 amide bonds. The molecule has 2 saturated carbocycles. The standard InChI is InChI=1S/C29H36O2/c1-29-16-15-23-22-7-4-8-27(25(22)12-11-24(23)26(29)13-14-28(29)30)31-18-19-9-10-20-5-2-3-6-21(20)17-19/h2-8,19,23-24,26,28,30H,9-18H2,1H3/t19?,23?,24?,26?,28-,29-/m0/s1. The molecule has 4 aliphatic rings. The van der Waals surface area contributed by atoms with E-state index in [-0.39, 0.29) is 11.5 Å². The molecule has 0 radical (unpaired) electrons. The Balaban J connectivity index is 1.19. The Bertz CT molecular complexity index is 965. The lowest BCUT2D eigenvalue weighted by atomic mass is 9.55. The summed E-state index contributed by atoms with van der Waals surface area (Å²) in [5.74, 6) is 3.87. The molecule has 6 rings (SSSR count). The number of hydrogen-bond acceptors (Lipinski definition) is 2. The number of hydrogen-bond donors (Lipinski definition) is 1. The zero-order valence-electron chi connectivity index (χ0n) is 18.9. The summed E-state index contributed by atoms with van der Waals surface area (Å²) < 4.78 is 6.52. The lowest BCUT2D eigenvalue weighted by Gasteiger charge is -2.50. The highest BCUT2D eigenvalue weighted by atomic mass is 16.5. The van der Waals surface area contributed by atoms with Crippen molar-refractivity contribution in [2.75, 3.05) is 6.61 Å². The van der Waals surface area contributed by atoms with Crippen LogP contribution in [-0.4, -0.2) is 17.8 Å². The molecule has 0 heterocycles. The number of benzene rings is 2. The van der Waals surface area contributed by atoms with Crippen molar-refractivity contribution in [1.82, 2.24) is 0 Å². The van der Waals surface area contributed by atoms with Gasteiger partial charge in [0.25, 0.3) is 0 Å². The summed E-state index contributed by atoms with van der Waals surface area (Å²) >= 11 is 0. The van der Waals surface area contributed by atoms with E-state index in [0.717, 1.165) is 37.5 Å². The molecule has 2 aromatic rings. The Hall–Kier alpha value is -1.80. The Morgan fingerprint density at radius 1 is 0.935 bits per heavy atom. The van der Waals surface area contributed by atoms with E-state index < -0.39 is 0 Å². The second-order valence-electron chi connectivity index (χ2n) is 11.1. The molecule has 4 aliphatic carbocycles. The minimum Gasteiger partial charge on any atom is -0.493 e. The van der Waals surface area contributed by atoms with Gasteiger partial charge in [0.1, 0.15) is 5.75 Å². The number of aryl methyl sites for hydroxylation is 1. The predicted molar refractivity (Wildman–Crippen MR) is 125 cm³/mol. The van der Waals surface area contributed by atoms with Crippen molar-refractivity contribution in [2.24, 2.45) is 23.2 Å². The van der Waals surface area contributed by atoms with Gasteiger partial charge in [0.05, 0.1) is 12.7 Å². The molecule has 0 saturated heterocycles. The fourth-order valence-electron chi connectivity index (χ4n) is 7.82. The number of rotatable bonds is 3. The average molecular weight is 417 g/mol. The van der Waals surface area contributed by atoms with Crippen LogP contribution in [0.2, 0.25) is 0 Å². The van der Waals surface area contributed by atoms with Gasteiger partial charge in [-0.1, -0.05) is 43.3 Å². The van der Waals surface area contributed by atoms with Gasteiger partial charge in [-0.3, -0.25) is 0 Å². The van der Waals surface area contributed by atoms with Gasteiger partial charge in [-0.05, 0) is 115 Å². The molecule has 2 fully saturated rings. The van der Waals surface area contributed by atoms with Crippen molar-refractivity contribution in [1.29, 1.82) is 0 Å². The summed E-state index contributed by atoms with van der Waals surface area (Å²) in [4.78, 5) is 0. The average Bonchev–Trinajstić information content (AvgIpc) is 3.11. The third-order valence-corrected chi connectivity index (χ3v) is 9.61. The number of ether oxygens (including phenoxy) is 1. The van der Waals surface area contributed by atoms with Gasteiger partial charge in [0.2, 0.25) is 0 Å². The van der Waals surface area contributed by atoms with E-state index in [1.807, 2.05) is 0 Å². The molecular formula is C29H36O2. The molecule has 2 aromatic carbocycles. The molecule has 6 atom stereocenters. The molecule has 1 N–H and O–H groups in total.